The van der Waals surface area contributed by atoms with Crippen molar-refractivity contribution in [1.82, 2.24) is 4.90 Å². The second-order valence-electron chi connectivity index (χ2n) is 9.00. The maximum Gasteiger partial charge on any atom is 0.329 e. The average Bonchev–Trinajstić information content (AvgIpc) is 3.27. The van der Waals surface area contributed by atoms with Crippen LogP contribution in [0.4, 0.5) is 0 Å². The third-order valence-corrected chi connectivity index (χ3v) is 8.20. The SMILES string of the molecule is COC(=O)C(CC(C(=O)OCc1ccccc1)C(=O)OCc1ccccc1)N1C(=O)c2c(Cl)c(Cl)c(Cl)c(Cl)c2C1=O. The first-order valence-electron chi connectivity index (χ1n) is 12.3. The Morgan fingerprint density at radius 3 is 1.45 bits per heavy atom. The summed E-state index contributed by atoms with van der Waals surface area (Å²) in [5.74, 6) is -7.06. The van der Waals surface area contributed by atoms with Gasteiger partial charge in [0, 0.05) is 6.42 Å². The van der Waals surface area contributed by atoms with Crippen molar-refractivity contribution in [1.29, 1.82) is 0 Å². The van der Waals surface area contributed by atoms with Gasteiger partial charge in [0.2, 0.25) is 0 Å². The molecule has 0 aromatic heterocycles. The molecule has 1 unspecified atom stereocenters. The summed E-state index contributed by atoms with van der Waals surface area (Å²) in [4.78, 5) is 67.0. The van der Waals surface area contributed by atoms with E-state index in [1.807, 2.05) is 0 Å². The quantitative estimate of drug-likeness (QED) is 0.0661. The normalized spacial score (nSPS) is 13.1. The minimum Gasteiger partial charge on any atom is -0.467 e. The maximum atomic E-state index is 13.5. The molecule has 0 saturated carbocycles. The Labute approximate surface area is 260 Å². The van der Waals surface area contributed by atoms with Gasteiger partial charge in [0.05, 0.1) is 38.3 Å². The van der Waals surface area contributed by atoms with Crippen molar-refractivity contribution in [2.45, 2.75) is 25.7 Å². The second-order valence-corrected chi connectivity index (χ2v) is 10.5. The van der Waals surface area contributed by atoms with Gasteiger partial charge in [-0.1, -0.05) is 107 Å². The minimum absolute atomic E-state index is 0.194. The number of imide groups is 1. The summed E-state index contributed by atoms with van der Waals surface area (Å²) in [5, 5.41) is -1.25. The number of fused-ring (bicyclic) bond motifs is 1. The summed E-state index contributed by atoms with van der Waals surface area (Å²) in [7, 11) is 1.01. The number of ether oxygens (including phenoxy) is 3. The predicted octanol–water partition coefficient (Wildman–Crippen LogP) is 5.93. The molecule has 13 heteroatoms. The number of nitrogens with zero attached hydrogens (tertiary/aromatic N) is 1. The van der Waals surface area contributed by atoms with Crippen LogP contribution in [0, 0.1) is 5.92 Å². The van der Waals surface area contributed by atoms with Gasteiger partial charge in [-0.3, -0.25) is 24.1 Å². The van der Waals surface area contributed by atoms with Crippen LogP contribution in [0.1, 0.15) is 38.3 Å². The van der Waals surface area contributed by atoms with Crippen molar-refractivity contribution in [2.75, 3.05) is 7.11 Å². The third kappa shape index (κ3) is 6.39. The van der Waals surface area contributed by atoms with Crippen LogP contribution in [-0.4, -0.2) is 47.8 Å². The molecule has 0 radical (unpaired) electrons. The Balaban J connectivity index is 1.66. The number of carbonyl (C=O) groups excluding carboxylic acids is 5. The van der Waals surface area contributed by atoms with Crippen molar-refractivity contribution in [2.24, 2.45) is 5.92 Å². The van der Waals surface area contributed by atoms with Crippen molar-refractivity contribution < 1.29 is 38.2 Å². The highest BCUT2D eigenvalue weighted by Crippen LogP contribution is 2.45. The third-order valence-electron chi connectivity index (χ3n) is 6.39. The Kier molecular flexibility index (Phi) is 10.1. The topological polar surface area (TPSA) is 116 Å². The fourth-order valence-corrected chi connectivity index (χ4v) is 5.28. The van der Waals surface area contributed by atoms with Crippen LogP contribution in [0.5, 0.6) is 0 Å². The number of esters is 3. The van der Waals surface area contributed by atoms with Crippen molar-refractivity contribution in [3.63, 3.8) is 0 Å². The predicted molar refractivity (Wildman–Crippen MR) is 153 cm³/mol. The van der Waals surface area contributed by atoms with Crippen LogP contribution in [0.3, 0.4) is 0 Å². The van der Waals surface area contributed by atoms with E-state index >= 15 is 0 Å². The maximum absolute atomic E-state index is 13.5. The molecule has 3 aromatic rings. The van der Waals surface area contributed by atoms with Crippen molar-refractivity contribution >= 4 is 76.1 Å². The molecular weight excluding hydrogens is 632 g/mol. The summed E-state index contributed by atoms with van der Waals surface area (Å²) in [5.41, 5.74) is 0.491. The van der Waals surface area contributed by atoms with E-state index < -0.39 is 48.1 Å². The van der Waals surface area contributed by atoms with Gasteiger partial charge in [-0.15, -0.1) is 0 Å². The summed E-state index contributed by atoms with van der Waals surface area (Å²) in [6.45, 7) is -0.388. The lowest BCUT2D eigenvalue weighted by molar-refractivity contribution is -0.165. The standard InChI is InChI=1S/C29H21Cl4NO8/c1-40-29(39)18(34-25(35)19-20(26(34)36)22(31)24(33)23(32)21(19)30)12-17(27(37)41-13-15-8-4-2-5-9-15)28(38)42-14-16-10-6-3-7-11-16/h2-11,17-18H,12-14H2,1H3. The van der Waals surface area contributed by atoms with Gasteiger partial charge in [-0.25, -0.2) is 4.79 Å². The highest BCUT2D eigenvalue weighted by molar-refractivity contribution is 6.55. The summed E-state index contributed by atoms with van der Waals surface area (Å²) in [6, 6.07) is 15.5. The number of hydrogen-bond donors (Lipinski definition) is 0. The van der Waals surface area contributed by atoms with Gasteiger partial charge in [-0.2, -0.15) is 0 Å². The Morgan fingerprint density at radius 2 is 1.07 bits per heavy atom. The van der Waals surface area contributed by atoms with E-state index in [2.05, 4.69) is 0 Å². The summed E-state index contributed by atoms with van der Waals surface area (Å²) in [6.07, 6.45) is -0.726. The van der Waals surface area contributed by atoms with Gasteiger partial charge >= 0.3 is 17.9 Å². The van der Waals surface area contributed by atoms with Crippen LogP contribution in [0.15, 0.2) is 60.7 Å². The number of methoxy groups -OCH3 is 1. The second kappa shape index (κ2) is 13.6. The van der Waals surface area contributed by atoms with E-state index in [0.717, 1.165) is 7.11 Å². The number of rotatable bonds is 10. The Hall–Kier alpha value is -3.63. The minimum atomic E-state index is -1.79. The highest BCUT2D eigenvalue weighted by Gasteiger charge is 2.49. The molecule has 1 atom stereocenters. The number of amides is 2. The average molecular weight is 653 g/mol. The van der Waals surface area contributed by atoms with Crippen LogP contribution >= 0.6 is 46.4 Å². The molecule has 0 spiro atoms. The molecular formula is C29H21Cl4NO8. The lowest BCUT2D eigenvalue weighted by Crippen LogP contribution is -2.48. The summed E-state index contributed by atoms with van der Waals surface area (Å²) >= 11 is 24.6. The smallest absolute Gasteiger partial charge is 0.329 e. The zero-order valence-corrected chi connectivity index (χ0v) is 24.8. The number of halogens is 4. The molecule has 0 bridgehead atoms. The molecule has 9 nitrogen and oxygen atoms in total. The first-order valence-corrected chi connectivity index (χ1v) is 13.8. The largest absolute Gasteiger partial charge is 0.467 e. The molecule has 3 aromatic carbocycles. The number of carbonyl (C=O) groups is 5. The monoisotopic (exact) mass is 651 g/mol. The van der Waals surface area contributed by atoms with Crippen molar-refractivity contribution in [3.05, 3.63) is 103 Å². The first-order chi connectivity index (χ1) is 20.1. The Bertz CT molecular complexity index is 1450. The van der Waals surface area contributed by atoms with Gasteiger partial charge in [-0.05, 0) is 11.1 Å². The van der Waals surface area contributed by atoms with Gasteiger partial charge in [0.25, 0.3) is 11.8 Å². The van der Waals surface area contributed by atoms with E-state index in [9.17, 15) is 24.0 Å². The molecule has 0 N–H and O–H groups in total. The zero-order chi connectivity index (χ0) is 30.6. The molecule has 1 heterocycles. The van der Waals surface area contributed by atoms with Crippen molar-refractivity contribution in [3.8, 4) is 0 Å². The lowest BCUT2D eigenvalue weighted by atomic mass is 9.98. The van der Waals surface area contributed by atoms with Gasteiger partial charge < -0.3 is 14.2 Å². The van der Waals surface area contributed by atoms with E-state index in [4.69, 9.17) is 60.6 Å². The number of hydrogen-bond acceptors (Lipinski definition) is 8. The molecule has 0 aliphatic carbocycles. The molecule has 4 rings (SSSR count). The van der Waals surface area contributed by atoms with E-state index in [1.165, 1.54) is 0 Å². The molecule has 42 heavy (non-hydrogen) atoms. The summed E-state index contributed by atoms with van der Waals surface area (Å²) < 4.78 is 15.6. The van der Waals surface area contributed by atoms with Crippen LogP contribution in [-0.2, 0) is 41.8 Å². The van der Waals surface area contributed by atoms with Crippen LogP contribution in [0.25, 0.3) is 0 Å². The van der Waals surface area contributed by atoms with E-state index in [1.54, 1.807) is 60.7 Å². The highest BCUT2D eigenvalue weighted by atomic mass is 35.5. The van der Waals surface area contributed by atoms with E-state index in [-0.39, 0.29) is 44.4 Å². The fourth-order valence-electron chi connectivity index (χ4n) is 4.26. The van der Waals surface area contributed by atoms with E-state index in [0.29, 0.717) is 16.0 Å². The lowest BCUT2D eigenvalue weighted by Gasteiger charge is -2.26. The van der Waals surface area contributed by atoms with Gasteiger partial charge in [0.1, 0.15) is 19.3 Å². The van der Waals surface area contributed by atoms with Gasteiger partial charge in [0.15, 0.2) is 5.92 Å². The van der Waals surface area contributed by atoms with Crippen LogP contribution < -0.4 is 0 Å². The number of benzene rings is 3. The molecule has 1 aliphatic rings. The Morgan fingerprint density at radius 1 is 0.667 bits per heavy atom. The first kappa shape index (κ1) is 31.3. The molecule has 0 fully saturated rings. The molecule has 1 aliphatic heterocycles. The molecule has 218 valence electrons. The van der Waals surface area contributed by atoms with Crippen LogP contribution in [0.2, 0.25) is 20.1 Å². The zero-order valence-electron chi connectivity index (χ0n) is 21.8. The molecule has 2 amide bonds. The molecule has 0 saturated heterocycles. The fraction of sp³-hybridized carbons (Fsp3) is 0.207.